The average molecular weight is 393 g/mol. The molecule has 2 aromatic rings. The van der Waals surface area contributed by atoms with Crippen molar-refractivity contribution in [2.45, 2.75) is 54.5 Å². The van der Waals surface area contributed by atoms with Gasteiger partial charge in [0.1, 0.15) is 6.61 Å². The Morgan fingerprint density at radius 2 is 1.86 bits per heavy atom. The molecule has 0 saturated heterocycles. The smallest absolute Gasteiger partial charge is 0.247 e. The molecular weight excluding hydrogens is 360 g/mol. The highest BCUT2D eigenvalue weighted by Gasteiger charge is 2.10. The molecule has 0 spiro atoms. The molecule has 0 fully saturated rings. The summed E-state index contributed by atoms with van der Waals surface area (Å²) in [7, 11) is 0. The van der Waals surface area contributed by atoms with E-state index in [-0.39, 0.29) is 11.9 Å². The fourth-order valence-electron chi connectivity index (χ4n) is 2.90. The molecule has 0 aliphatic carbocycles. The number of allylic oxidation sites excluding steroid dienone is 1. The molecule has 2 rings (SSSR count). The molecule has 29 heavy (non-hydrogen) atoms. The van der Waals surface area contributed by atoms with E-state index in [1.165, 1.54) is 5.57 Å². The number of benzene rings is 1. The maximum Gasteiger partial charge on any atom is 0.247 e. The molecule has 0 unspecified atom stereocenters. The van der Waals surface area contributed by atoms with E-state index in [4.69, 9.17) is 4.74 Å². The fraction of sp³-hybridized carbons (Fsp3) is 0.360. The number of aromatic nitrogens is 1. The summed E-state index contributed by atoms with van der Waals surface area (Å²) in [6.45, 7) is 14.5. The number of carbonyl (C=O) groups excluding carboxylic acids is 1. The van der Waals surface area contributed by atoms with Crippen LogP contribution in [0.4, 0.5) is 0 Å². The number of rotatable bonds is 7. The van der Waals surface area contributed by atoms with Crippen LogP contribution >= 0.6 is 0 Å². The normalized spacial score (nSPS) is 11.4. The highest BCUT2D eigenvalue weighted by atomic mass is 16.5. The number of ether oxygens (including phenoxy) is 1. The van der Waals surface area contributed by atoms with E-state index in [1.54, 1.807) is 0 Å². The minimum Gasteiger partial charge on any atom is -0.473 e. The molecule has 0 aliphatic rings. The summed E-state index contributed by atoms with van der Waals surface area (Å²) >= 11 is 0. The van der Waals surface area contributed by atoms with Crippen molar-refractivity contribution in [1.29, 1.82) is 0 Å². The first-order chi connectivity index (χ1) is 13.7. The standard InChI is InChI=1S/C25H32N2O2/c1-16(2)10-11-29-24-9-8-21(15-26-24)23-14-18(5)22(12-19(23)6)13-20(7)25(28)27-17(3)4/h8-10,12-15,17H,11H2,1-7H3,(H,27,28)/b20-13+. The minimum absolute atomic E-state index is 0.0333. The van der Waals surface area contributed by atoms with Crippen LogP contribution in [0.2, 0.25) is 0 Å². The van der Waals surface area contributed by atoms with Crippen LogP contribution in [-0.4, -0.2) is 23.5 Å². The molecule has 1 amide bonds. The Labute approximate surface area is 174 Å². The monoisotopic (exact) mass is 392 g/mol. The Morgan fingerprint density at radius 1 is 1.14 bits per heavy atom. The average Bonchev–Trinajstić information content (AvgIpc) is 2.64. The Balaban J connectivity index is 2.22. The third kappa shape index (κ3) is 6.60. The summed E-state index contributed by atoms with van der Waals surface area (Å²) in [5, 5.41) is 2.93. The molecule has 1 aromatic heterocycles. The molecule has 0 bridgehead atoms. The van der Waals surface area contributed by atoms with E-state index in [0.29, 0.717) is 18.1 Å². The molecule has 4 nitrogen and oxygen atoms in total. The highest BCUT2D eigenvalue weighted by molar-refractivity contribution is 5.97. The molecule has 1 aromatic carbocycles. The van der Waals surface area contributed by atoms with E-state index in [9.17, 15) is 4.79 Å². The van der Waals surface area contributed by atoms with Crippen molar-refractivity contribution in [3.8, 4) is 17.0 Å². The van der Waals surface area contributed by atoms with Gasteiger partial charge in [-0.3, -0.25) is 4.79 Å². The number of aryl methyl sites for hydroxylation is 2. The number of hydrogen-bond acceptors (Lipinski definition) is 3. The summed E-state index contributed by atoms with van der Waals surface area (Å²) in [5.41, 5.74) is 7.41. The Kier molecular flexibility index (Phi) is 7.77. The summed E-state index contributed by atoms with van der Waals surface area (Å²) in [5.74, 6) is 0.584. The van der Waals surface area contributed by atoms with Gasteiger partial charge in [-0.15, -0.1) is 0 Å². The zero-order valence-electron chi connectivity index (χ0n) is 18.6. The number of nitrogens with one attached hydrogen (secondary N) is 1. The Bertz CT molecular complexity index is 919. The first-order valence-corrected chi connectivity index (χ1v) is 10.0. The van der Waals surface area contributed by atoms with Gasteiger partial charge in [-0.05, 0) is 88.9 Å². The first kappa shape index (κ1) is 22.4. The van der Waals surface area contributed by atoms with Crippen molar-refractivity contribution in [2.24, 2.45) is 0 Å². The van der Waals surface area contributed by atoms with Crippen LogP contribution in [0.1, 0.15) is 51.3 Å². The SMILES string of the molecule is CC(C)=CCOc1ccc(-c2cc(C)c(/C=C(\C)C(=O)NC(C)C)cc2C)cn1. The predicted molar refractivity (Wildman–Crippen MR) is 121 cm³/mol. The number of hydrogen-bond donors (Lipinski definition) is 1. The lowest BCUT2D eigenvalue weighted by atomic mass is 9.95. The van der Waals surface area contributed by atoms with Crippen molar-refractivity contribution in [3.63, 3.8) is 0 Å². The van der Waals surface area contributed by atoms with Gasteiger partial charge >= 0.3 is 0 Å². The summed E-state index contributed by atoms with van der Waals surface area (Å²) < 4.78 is 5.64. The number of pyridine rings is 1. The molecule has 154 valence electrons. The Hall–Kier alpha value is -2.88. The molecular formula is C25H32N2O2. The van der Waals surface area contributed by atoms with Gasteiger partial charge in [-0.1, -0.05) is 17.7 Å². The lowest BCUT2D eigenvalue weighted by Crippen LogP contribution is -2.30. The van der Waals surface area contributed by atoms with Crippen molar-refractivity contribution in [2.75, 3.05) is 6.61 Å². The first-order valence-electron chi connectivity index (χ1n) is 10.0. The maximum absolute atomic E-state index is 12.2. The van der Waals surface area contributed by atoms with Gasteiger partial charge in [0.2, 0.25) is 11.8 Å². The van der Waals surface area contributed by atoms with Crippen LogP contribution in [0, 0.1) is 13.8 Å². The highest BCUT2D eigenvalue weighted by Crippen LogP contribution is 2.28. The van der Waals surface area contributed by atoms with Crippen molar-refractivity contribution < 1.29 is 9.53 Å². The van der Waals surface area contributed by atoms with E-state index in [2.05, 4.69) is 36.3 Å². The second-order valence-electron chi connectivity index (χ2n) is 7.96. The van der Waals surface area contributed by atoms with E-state index >= 15 is 0 Å². The number of carbonyl (C=O) groups is 1. The lowest BCUT2D eigenvalue weighted by Gasteiger charge is -2.12. The van der Waals surface area contributed by atoms with E-state index in [0.717, 1.165) is 27.8 Å². The van der Waals surface area contributed by atoms with Gasteiger partial charge in [0.05, 0.1) is 0 Å². The summed E-state index contributed by atoms with van der Waals surface area (Å²) in [6, 6.07) is 8.32. The molecule has 0 radical (unpaired) electrons. The van der Waals surface area contributed by atoms with Gasteiger partial charge in [-0.2, -0.15) is 0 Å². The lowest BCUT2D eigenvalue weighted by molar-refractivity contribution is -0.117. The van der Waals surface area contributed by atoms with Crippen molar-refractivity contribution >= 4 is 12.0 Å². The largest absolute Gasteiger partial charge is 0.473 e. The molecule has 4 heteroatoms. The molecule has 1 N–H and O–H groups in total. The molecule has 0 atom stereocenters. The fourth-order valence-corrected chi connectivity index (χ4v) is 2.90. The molecule has 1 heterocycles. The van der Waals surface area contributed by atoms with Crippen LogP contribution in [0.15, 0.2) is 47.7 Å². The third-order valence-corrected chi connectivity index (χ3v) is 4.53. The van der Waals surface area contributed by atoms with Gasteiger partial charge in [0, 0.05) is 29.4 Å². The van der Waals surface area contributed by atoms with Crippen LogP contribution < -0.4 is 10.1 Å². The zero-order valence-corrected chi connectivity index (χ0v) is 18.6. The van der Waals surface area contributed by atoms with E-state index in [1.807, 2.05) is 65.1 Å². The van der Waals surface area contributed by atoms with Crippen molar-refractivity contribution in [1.82, 2.24) is 10.3 Å². The number of amides is 1. The topological polar surface area (TPSA) is 51.2 Å². The zero-order chi connectivity index (χ0) is 21.6. The maximum atomic E-state index is 12.2. The second kappa shape index (κ2) is 10.1. The molecule has 0 saturated carbocycles. The summed E-state index contributed by atoms with van der Waals surface area (Å²) in [6.07, 6.45) is 5.82. The van der Waals surface area contributed by atoms with E-state index < -0.39 is 0 Å². The third-order valence-electron chi connectivity index (χ3n) is 4.53. The summed E-state index contributed by atoms with van der Waals surface area (Å²) in [4.78, 5) is 16.6. The van der Waals surface area contributed by atoms with Crippen molar-refractivity contribution in [3.05, 3.63) is 64.4 Å². The van der Waals surface area contributed by atoms with Gasteiger partial charge in [0.25, 0.3) is 0 Å². The van der Waals surface area contributed by atoms with Gasteiger partial charge < -0.3 is 10.1 Å². The van der Waals surface area contributed by atoms with Crippen LogP contribution in [-0.2, 0) is 4.79 Å². The van der Waals surface area contributed by atoms with Crippen LogP contribution in [0.25, 0.3) is 17.2 Å². The second-order valence-corrected chi connectivity index (χ2v) is 7.96. The number of nitrogens with zero attached hydrogens (tertiary/aromatic N) is 1. The van der Waals surface area contributed by atoms with Gasteiger partial charge in [-0.25, -0.2) is 4.98 Å². The van der Waals surface area contributed by atoms with Crippen LogP contribution in [0.3, 0.4) is 0 Å². The molecule has 0 aliphatic heterocycles. The minimum atomic E-state index is -0.0333. The predicted octanol–water partition coefficient (Wildman–Crippen LogP) is 5.64. The van der Waals surface area contributed by atoms with Crippen LogP contribution in [0.5, 0.6) is 5.88 Å². The Morgan fingerprint density at radius 3 is 2.45 bits per heavy atom. The van der Waals surface area contributed by atoms with Gasteiger partial charge in [0.15, 0.2) is 0 Å². The quantitative estimate of drug-likeness (QED) is 0.490.